The molecule has 18 nitrogen and oxygen atoms in total. The summed E-state index contributed by atoms with van der Waals surface area (Å²) in [5, 5.41) is 44.1. The van der Waals surface area contributed by atoms with Crippen molar-refractivity contribution in [2.45, 2.75) is 49.9 Å². The SMILES string of the molecule is NC(CCC(=O)NC(CSSCC(NC(=O)CCC(N)C(=O)O)C(=O)NCC(=O)O)C(=O)NCC(=O)O)C(=O)O.[Na]. The molecular weight excluding hydrogens is 603 g/mol. The molecule has 0 aliphatic rings. The second-order valence-corrected chi connectivity index (χ2v) is 10.6. The van der Waals surface area contributed by atoms with Gasteiger partial charge < -0.3 is 53.2 Å². The Morgan fingerprint density at radius 1 is 0.610 bits per heavy atom. The molecule has 0 spiro atoms. The van der Waals surface area contributed by atoms with Crippen molar-refractivity contribution in [2.24, 2.45) is 11.5 Å². The van der Waals surface area contributed by atoms with E-state index < -0.39 is 84.8 Å². The summed E-state index contributed by atoms with van der Waals surface area (Å²) >= 11 is 0. The Morgan fingerprint density at radius 3 is 1.20 bits per heavy atom. The first-order valence-corrected chi connectivity index (χ1v) is 13.9. The summed E-state index contributed by atoms with van der Waals surface area (Å²) < 4.78 is 0. The molecule has 0 saturated heterocycles. The van der Waals surface area contributed by atoms with Crippen LogP contribution >= 0.6 is 21.6 Å². The van der Waals surface area contributed by atoms with E-state index in [0.717, 1.165) is 21.6 Å². The molecule has 4 unspecified atom stereocenters. The van der Waals surface area contributed by atoms with Crippen molar-refractivity contribution in [1.82, 2.24) is 21.3 Å². The van der Waals surface area contributed by atoms with Crippen LogP contribution in [-0.4, -0.2) is 146 Å². The van der Waals surface area contributed by atoms with Gasteiger partial charge in [-0.2, -0.15) is 0 Å². The number of amides is 4. The molecule has 0 fully saturated rings. The van der Waals surface area contributed by atoms with Gasteiger partial charge in [0.1, 0.15) is 37.3 Å². The van der Waals surface area contributed by atoms with E-state index in [1.807, 2.05) is 0 Å². The van der Waals surface area contributed by atoms with E-state index in [4.69, 9.17) is 31.9 Å². The van der Waals surface area contributed by atoms with E-state index in [1.54, 1.807) is 0 Å². The number of nitrogens with one attached hydrogen (secondary N) is 4. The second kappa shape index (κ2) is 22.0. The van der Waals surface area contributed by atoms with Gasteiger partial charge in [0.25, 0.3) is 0 Å². The quantitative estimate of drug-likeness (QED) is 0.0324. The molecule has 227 valence electrons. The van der Waals surface area contributed by atoms with Gasteiger partial charge in [-0.1, -0.05) is 21.6 Å². The molecule has 21 heteroatoms. The summed E-state index contributed by atoms with van der Waals surface area (Å²) in [5.74, 6) is -8.81. The van der Waals surface area contributed by atoms with E-state index in [0.29, 0.717) is 0 Å². The van der Waals surface area contributed by atoms with Crippen molar-refractivity contribution in [3.63, 3.8) is 0 Å². The fourth-order valence-electron chi connectivity index (χ4n) is 2.52. The minimum absolute atomic E-state index is 0. The summed E-state index contributed by atoms with van der Waals surface area (Å²) in [7, 11) is 1.89. The molecule has 1 radical (unpaired) electrons. The first-order chi connectivity index (χ1) is 18.6. The van der Waals surface area contributed by atoms with Gasteiger partial charge in [-0.15, -0.1) is 0 Å². The van der Waals surface area contributed by atoms with Gasteiger partial charge in [0.15, 0.2) is 0 Å². The maximum Gasteiger partial charge on any atom is 0.322 e. The van der Waals surface area contributed by atoms with E-state index in [2.05, 4.69) is 21.3 Å². The third kappa shape index (κ3) is 20.0. The zero-order valence-electron chi connectivity index (χ0n) is 22.0. The Hall–Kier alpha value is -2.62. The van der Waals surface area contributed by atoms with Gasteiger partial charge >= 0.3 is 23.9 Å². The molecule has 41 heavy (non-hydrogen) atoms. The first-order valence-electron chi connectivity index (χ1n) is 11.4. The van der Waals surface area contributed by atoms with Crippen LogP contribution in [-0.2, 0) is 38.4 Å². The van der Waals surface area contributed by atoms with Crippen LogP contribution in [0, 0.1) is 0 Å². The van der Waals surface area contributed by atoms with Crippen LogP contribution < -0.4 is 32.7 Å². The van der Waals surface area contributed by atoms with E-state index in [1.165, 1.54) is 0 Å². The Labute approximate surface area is 263 Å². The summed E-state index contributed by atoms with van der Waals surface area (Å²) in [5.41, 5.74) is 10.7. The number of aliphatic carboxylic acids is 4. The van der Waals surface area contributed by atoms with Gasteiger partial charge in [0, 0.05) is 53.9 Å². The molecule has 0 aliphatic heterocycles. The van der Waals surface area contributed by atoms with Crippen molar-refractivity contribution >= 4 is 98.7 Å². The number of nitrogens with two attached hydrogens (primary N) is 2. The zero-order chi connectivity index (χ0) is 30.8. The molecule has 0 aromatic carbocycles. The van der Waals surface area contributed by atoms with Crippen LogP contribution in [0.25, 0.3) is 0 Å². The van der Waals surface area contributed by atoms with Crippen molar-refractivity contribution in [3.05, 3.63) is 0 Å². The van der Waals surface area contributed by atoms with Crippen molar-refractivity contribution in [2.75, 3.05) is 24.6 Å². The number of hydrogen-bond acceptors (Lipinski definition) is 12. The van der Waals surface area contributed by atoms with Gasteiger partial charge in [0.05, 0.1) is 0 Å². The predicted molar refractivity (Wildman–Crippen MR) is 146 cm³/mol. The fourth-order valence-corrected chi connectivity index (χ4v) is 4.85. The standard InChI is InChI=1S/C20H32N6O12S2.Na/c21-9(19(35)36)1-3-13(27)25-11(17(33)23-5-15(29)30)7-39-40-8-12(18(34)24-6-16(31)32)26-14(28)4-2-10(22)20(37)38;/h9-12H,1-8,21-22H2,(H,23,33)(H,24,34)(H,25,27)(H,26,28)(H,29,30)(H,31,32)(H,35,36)(H,37,38);. The molecular formula is C20H32N6NaO12S2. The topological polar surface area (TPSA) is 318 Å². The third-order valence-corrected chi connectivity index (χ3v) is 7.11. The molecule has 4 amide bonds. The number of hydrogen-bond donors (Lipinski definition) is 10. The predicted octanol–water partition coefficient (Wildman–Crippen LogP) is -4.26. The average molecular weight is 636 g/mol. The van der Waals surface area contributed by atoms with Crippen LogP contribution in [0.5, 0.6) is 0 Å². The van der Waals surface area contributed by atoms with Crippen LogP contribution in [0.1, 0.15) is 25.7 Å². The normalized spacial score (nSPS) is 13.2. The number of carboxylic acids is 4. The molecule has 0 heterocycles. The van der Waals surface area contributed by atoms with Crippen molar-refractivity contribution in [3.8, 4) is 0 Å². The Kier molecular flexibility index (Phi) is 21.8. The Balaban J connectivity index is 0. The third-order valence-electron chi connectivity index (χ3n) is 4.68. The van der Waals surface area contributed by atoms with Crippen LogP contribution in [0.2, 0.25) is 0 Å². The zero-order valence-corrected chi connectivity index (χ0v) is 25.6. The van der Waals surface area contributed by atoms with Gasteiger partial charge in [0.2, 0.25) is 23.6 Å². The molecule has 4 atom stereocenters. The smallest absolute Gasteiger partial charge is 0.322 e. The average Bonchev–Trinajstić information content (AvgIpc) is 2.87. The number of carbonyl (C=O) groups excluding carboxylic acids is 4. The molecule has 0 bridgehead atoms. The summed E-state index contributed by atoms with van der Waals surface area (Å²) in [4.78, 5) is 92.3. The van der Waals surface area contributed by atoms with Crippen LogP contribution in [0.15, 0.2) is 0 Å². The minimum Gasteiger partial charge on any atom is -0.480 e. The van der Waals surface area contributed by atoms with Crippen molar-refractivity contribution in [1.29, 1.82) is 0 Å². The molecule has 0 aromatic heterocycles. The van der Waals surface area contributed by atoms with Crippen molar-refractivity contribution < 1.29 is 58.8 Å². The molecule has 0 saturated carbocycles. The summed E-state index contributed by atoms with van der Waals surface area (Å²) in [6, 6.07) is -5.16. The Morgan fingerprint density at radius 2 is 0.927 bits per heavy atom. The Bertz CT molecular complexity index is 886. The van der Waals surface area contributed by atoms with Gasteiger partial charge in [-0.25, -0.2) is 0 Å². The maximum absolute atomic E-state index is 12.4. The largest absolute Gasteiger partial charge is 0.480 e. The monoisotopic (exact) mass is 635 g/mol. The van der Waals surface area contributed by atoms with E-state index in [9.17, 15) is 38.4 Å². The van der Waals surface area contributed by atoms with Crippen LogP contribution in [0.3, 0.4) is 0 Å². The summed E-state index contributed by atoms with van der Waals surface area (Å²) in [6.07, 6.45) is -1.12. The van der Waals surface area contributed by atoms with Gasteiger partial charge in [-0.05, 0) is 12.8 Å². The van der Waals surface area contributed by atoms with Crippen LogP contribution in [0.4, 0.5) is 0 Å². The number of rotatable bonds is 21. The molecule has 12 N–H and O–H groups in total. The fraction of sp³-hybridized carbons (Fsp3) is 0.600. The molecule has 0 rings (SSSR count). The van der Waals surface area contributed by atoms with E-state index in [-0.39, 0.29) is 66.7 Å². The minimum atomic E-state index is -1.34. The molecule has 0 aliphatic carbocycles. The van der Waals surface area contributed by atoms with Gasteiger partial charge in [-0.3, -0.25) is 38.4 Å². The summed E-state index contributed by atoms with van der Waals surface area (Å²) in [6.45, 7) is -1.48. The second-order valence-electron chi connectivity index (χ2n) is 8.00. The maximum atomic E-state index is 12.4. The first kappa shape index (κ1) is 40.5. The molecule has 0 aromatic rings. The number of carbonyl (C=O) groups is 8. The number of carboxylic acid groups (broad SMARTS) is 4. The van der Waals surface area contributed by atoms with E-state index >= 15 is 0 Å².